The van der Waals surface area contributed by atoms with Crippen molar-refractivity contribution >= 4 is 17.4 Å². The second-order valence-corrected chi connectivity index (χ2v) is 6.53. The number of carbonyl (C=O) groups is 1. The van der Waals surface area contributed by atoms with Crippen LogP contribution in [0.15, 0.2) is 42.5 Å². The van der Waals surface area contributed by atoms with Gasteiger partial charge in [0.1, 0.15) is 0 Å². The van der Waals surface area contributed by atoms with Crippen LogP contribution >= 0.6 is 11.6 Å². The zero-order valence-electron chi connectivity index (χ0n) is 12.3. The molecule has 2 aromatic rings. The van der Waals surface area contributed by atoms with Crippen molar-refractivity contribution in [3.63, 3.8) is 0 Å². The smallest absolute Gasteiger partial charge is 0.193 e. The third-order valence-electron chi connectivity index (χ3n) is 3.45. The van der Waals surface area contributed by atoms with E-state index in [1.165, 1.54) is 5.56 Å². The van der Waals surface area contributed by atoms with Crippen molar-refractivity contribution < 1.29 is 4.79 Å². The van der Waals surface area contributed by atoms with Crippen LogP contribution in [0.25, 0.3) is 0 Å². The van der Waals surface area contributed by atoms with Gasteiger partial charge in [-0.1, -0.05) is 68.8 Å². The Hall–Kier alpha value is -1.60. The Morgan fingerprint density at radius 1 is 0.950 bits per heavy atom. The number of hydrogen-bond donors (Lipinski definition) is 0. The molecule has 1 nitrogen and oxygen atoms in total. The lowest BCUT2D eigenvalue weighted by Gasteiger charge is -2.19. The predicted octanol–water partition coefficient (Wildman–Crippen LogP) is 5.18. The van der Waals surface area contributed by atoms with Crippen LogP contribution in [-0.2, 0) is 5.41 Å². The lowest BCUT2D eigenvalue weighted by molar-refractivity contribution is 0.103. The number of hydrogen-bond acceptors (Lipinski definition) is 1. The summed E-state index contributed by atoms with van der Waals surface area (Å²) in [7, 11) is 0. The fourth-order valence-corrected chi connectivity index (χ4v) is 2.20. The summed E-state index contributed by atoms with van der Waals surface area (Å²) < 4.78 is 0. The van der Waals surface area contributed by atoms with Crippen LogP contribution in [0.5, 0.6) is 0 Å². The number of benzene rings is 2. The molecule has 0 radical (unpaired) electrons. The maximum atomic E-state index is 12.4. The average Bonchev–Trinajstić information content (AvgIpc) is 2.40. The maximum absolute atomic E-state index is 12.4. The summed E-state index contributed by atoms with van der Waals surface area (Å²) in [6.45, 7) is 8.39. The Morgan fingerprint density at radius 3 is 2.00 bits per heavy atom. The lowest BCUT2D eigenvalue weighted by atomic mass is 9.86. The summed E-state index contributed by atoms with van der Waals surface area (Å²) >= 11 is 6.08. The van der Waals surface area contributed by atoms with E-state index < -0.39 is 0 Å². The van der Waals surface area contributed by atoms with Gasteiger partial charge < -0.3 is 0 Å². The van der Waals surface area contributed by atoms with E-state index >= 15 is 0 Å². The predicted molar refractivity (Wildman–Crippen MR) is 84.8 cm³/mol. The Kier molecular flexibility index (Phi) is 4.01. The zero-order valence-corrected chi connectivity index (χ0v) is 13.1. The fourth-order valence-electron chi connectivity index (χ4n) is 2.02. The van der Waals surface area contributed by atoms with E-state index in [9.17, 15) is 4.79 Å². The molecule has 0 saturated carbocycles. The van der Waals surface area contributed by atoms with E-state index in [2.05, 4.69) is 20.8 Å². The first kappa shape index (κ1) is 14.8. The minimum atomic E-state index is 0.00681. The van der Waals surface area contributed by atoms with Crippen LogP contribution in [0, 0.1) is 6.92 Å². The van der Waals surface area contributed by atoms with Crippen LogP contribution in [0.1, 0.15) is 47.8 Å². The second-order valence-electron chi connectivity index (χ2n) is 6.12. The van der Waals surface area contributed by atoms with E-state index in [4.69, 9.17) is 11.6 Å². The molecule has 0 bridgehead atoms. The van der Waals surface area contributed by atoms with Gasteiger partial charge in [-0.05, 0) is 29.5 Å². The maximum Gasteiger partial charge on any atom is 0.193 e. The molecule has 0 aromatic heterocycles. The van der Waals surface area contributed by atoms with Crippen LogP contribution in [-0.4, -0.2) is 5.78 Å². The number of carbonyl (C=O) groups excluding carboxylic acids is 1. The second kappa shape index (κ2) is 5.41. The minimum Gasteiger partial charge on any atom is -0.289 e. The minimum absolute atomic E-state index is 0.00681. The third-order valence-corrected chi connectivity index (χ3v) is 3.85. The highest BCUT2D eigenvalue weighted by molar-refractivity contribution is 6.31. The largest absolute Gasteiger partial charge is 0.289 e. The standard InChI is InChI=1S/C18H19ClO/c1-12-5-6-14(11-16(12)19)17(20)13-7-9-15(10-8-13)18(2,3)4/h5-11H,1-4H3. The summed E-state index contributed by atoms with van der Waals surface area (Å²) in [5, 5.41) is 0.627. The van der Waals surface area contributed by atoms with Gasteiger partial charge in [0, 0.05) is 16.1 Å². The number of halogens is 1. The molecule has 0 aliphatic rings. The van der Waals surface area contributed by atoms with Crippen molar-refractivity contribution in [2.24, 2.45) is 0 Å². The van der Waals surface area contributed by atoms with Crippen molar-refractivity contribution in [3.05, 3.63) is 69.7 Å². The molecule has 0 amide bonds. The van der Waals surface area contributed by atoms with Gasteiger partial charge in [0.25, 0.3) is 0 Å². The van der Waals surface area contributed by atoms with Gasteiger partial charge in [0.05, 0.1) is 0 Å². The molecule has 0 heterocycles. The van der Waals surface area contributed by atoms with Crippen molar-refractivity contribution in [1.29, 1.82) is 0 Å². The molecule has 0 N–H and O–H groups in total. The summed E-state index contributed by atoms with van der Waals surface area (Å²) in [6, 6.07) is 13.2. The molecule has 0 saturated heterocycles. The number of ketones is 1. The van der Waals surface area contributed by atoms with Gasteiger partial charge in [-0.15, -0.1) is 0 Å². The Morgan fingerprint density at radius 2 is 1.50 bits per heavy atom. The van der Waals surface area contributed by atoms with Gasteiger partial charge in [-0.25, -0.2) is 0 Å². The average molecular weight is 287 g/mol. The molecule has 2 heteroatoms. The first-order valence-corrected chi connectivity index (χ1v) is 7.08. The molecule has 0 spiro atoms. The topological polar surface area (TPSA) is 17.1 Å². The molecule has 0 aliphatic heterocycles. The Labute approximate surface area is 125 Å². The molecule has 0 aliphatic carbocycles. The van der Waals surface area contributed by atoms with E-state index in [-0.39, 0.29) is 11.2 Å². The lowest BCUT2D eigenvalue weighted by Crippen LogP contribution is -2.11. The highest BCUT2D eigenvalue weighted by Gasteiger charge is 2.15. The normalized spacial score (nSPS) is 11.4. The highest BCUT2D eigenvalue weighted by Crippen LogP contribution is 2.24. The van der Waals surface area contributed by atoms with Crippen LogP contribution in [0.3, 0.4) is 0 Å². The fraction of sp³-hybridized carbons (Fsp3) is 0.278. The van der Waals surface area contributed by atoms with Crippen molar-refractivity contribution in [3.8, 4) is 0 Å². The number of rotatable bonds is 2. The first-order valence-electron chi connectivity index (χ1n) is 6.70. The van der Waals surface area contributed by atoms with Gasteiger partial charge >= 0.3 is 0 Å². The number of aryl methyl sites for hydroxylation is 1. The van der Waals surface area contributed by atoms with Crippen molar-refractivity contribution in [2.75, 3.05) is 0 Å². The van der Waals surface area contributed by atoms with Crippen molar-refractivity contribution in [2.45, 2.75) is 33.1 Å². The summed E-state index contributed by atoms with van der Waals surface area (Å²) in [4.78, 5) is 12.4. The molecule has 2 rings (SSSR count). The van der Waals surface area contributed by atoms with Crippen LogP contribution < -0.4 is 0 Å². The Bertz CT molecular complexity index is 633. The van der Waals surface area contributed by atoms with E-state index in [0.29, 0.717) is 16.1 Å². The molecule has 20 heavy (non-hydrogen) atoms. The molecule has 2 aromatic carbocycles. The van der Waals surface area contributed by atoms with Gasteiger partial charge in [0.15, 0.2) is 5.78 Å². The molecular weight excluding hydrogens is 268 g/mol. The van der Waals surface area contributed by atoms with Crippen LogP contribution in [0.2, 0.25) is 5.02 Å². The highest BCUT2D eigenvalue weighted by atomic mass is 35.5. The first-order chi connectivity index (χ1) is 9.29. The van der Waals surface area contributed by atoms with Gasteiger partial charge in [0.2, 0.25) is 0 Å². The Balaban J connectivity index is 2.31. The summed E-state index contributed by atoms with van der Waals surface area (Å²) in [6.07, 6.45) is 0. The van der Waals surface area contributed by atoms with E-state index in [1.54, 1.807) is 6.07 Å². The molecular formula is C18H19ClO. The molecule has 0 fully saturated rings. The SMILES string of the molecule is Cc1ccc(C(=O)c2ccc(C(C)(C)C)cc2)cc1Cl. The van der Waals surface area contributed by atoms with E-state index in [1.807, 2.05) is 43.3 Å². The molecule has 0 atom stereocenters. The van der Waals surface area contributed by atoms with Gasteiger partial charge in [-0.2, -0.15) is 0 Å². The monoisotopic (exact) mass is 286 g/mol. The summed E-state index contributed by atoms with van der Waals surface area (Å²) in [5.41, 5.74) is 3.61. The molecule has 0 unspecified atom stereocenters. The summed E-state index contributed by atoms with van der Waals surface area (Å²) in [5.74, 6) is 0.00681. The zero-order chi connectivity index (χ0) is 14.9. The van der Waals surface area contributed by atoms with Gasteiger partial charge in [-0.3, -0.25) is 4.79 Å². The van der Waals surface area contributed by atoms with Crippen LogP contribution in [0.4, 0.5) is 0 Å². The van der Waals surface area contributed by atoms with Crippen molar-refractivity contribution in [1.82, 2.24) is 0 Å². The van der Waals surface area contributed by atoms with E-state index in [0.717, 1.165) is 5.56 Å². The third kappa shape index (κ3) is 3.10. The quantitative estimate of drug-likeness (QED) is 0.696. The molecule has 104 valence electrons.